The van der Waals surface area contributed by atoms with Crippen molar-refractivity contribution in [3.63, 3.8) is 0 Å². The highest BCUT2D eigenvalue weighted by Crippen LogP contribution is 2.26. The second-order valence-corrected chi connectivity index (χ2v) is 7.01. The summed E-state index contributed by atoms with van der Waals surface area (Å²) in [6, 6.07) is -0.178. The van der Waals surface area contributed by atoms with Gasteiger partial charge in [-0.3, -0.25) is 0 Å². The predicted octanol–water partition coefficient (Wildman–Crippen LogP) is 1.89. The highest BCUT2D eigenvalue weighted by Gasteiger charge is 2.34. The Balaban J connectivity index is 2.02. The van der Waals surface area contributed by atoms with Crippen LogP contribution in [0.1, 0.15) is 38.9 Å². The fourth-order valence-electron chi connectivity index (χ4n) is 2.33. The number of nitrogens with zero attached hydrogens (tertiary/aromatic N) is 4. The molecule has 1 aromatic heterocycles. The molecule has 0 aliphatic carbocycles. The lowest BCUT2D eigenvalue weighted by Gasteiger charge is -2.36. The first kappa shape index (κ1) is 16.2. The summed E-state index contributed by atoms with van der Waals surface area (Å²) in [5.41, 5.74) is 0.330. The Morgan fingerprint density at radius 2 is 2.14 bits per heavy atom. The molecule has 0 radical (unpaired) electrons. The summed E-state index contributed by atoms with van der Waals surface area (Å²) in [6.45, 7) is 8.11. The molecule has 1 fully saturated rings. The zero-order valence-electron chi connectivity index (χ0n) is 12.7. The van der Waals surface area contributed by atoms with E-state index in [4.69, 9.17) is 4.74 Å². The van der Waals surface area contributed by atoms with Gasteiger partial charge >= 0.3 is 6.09 Å². The quantitative estimate of drug-likeness (QED) is 0.826. The maximum atomic E-state index is 12.0. The molecule has 0 bridgehead atoms. The Morgan fingerprint density at radius 3 is 2.62 bits per heavy atom. The number of ether oxygens (including phenoxy) is 1. The summed E-state index contributed by atoms with van der Waals surface area (Å²) in [5, 5.41) is 18.3. The van der Waals surface area contributed by atoms with Crippen molar-refractivity contribution in [3.8, 4) is 0 Å². The predicted molar refractivity (Wildman–Crippen MR) is 79.9 cm³/mol. The van der Waals surface area contributed by atoms with Gasteiger partial charge in [0.15, 0.2) is 4.60 Å². The minimum atomic E-state index is -0.696. The summed E-state index contributed by atoms with van der Waals surface area (Å²) in [6.07, 6.45) is -0.480. The molecule has 2 heterocycles. The molecule has 1 aliphatic heterocycles. The van der Waals surface area contributed by atoms with Gasteiger partial charge < -0.3 is 14.7 Å². The molecule has 0 unspecified atom stereocenters. The SMILES string of the molecule is Cc1c(Br)nnn1[C@@H]1CCN(C(=O)OC(C)(C)C)C[C@@H]1O. The monoisotopic (exact) mass is 360 g/mol. The Morgan fingerprint density at radius 1 is 1.48 bits per heavy atom. The first-order valence-electron chi connectivity index (χ1n) is 6.92. The fourth-order valence-corrected chi connectivity index (χ4v) is 2.59. The molecule has 2 rings (SSSR count). The van der Waals surface area contributed by atoms with Crippen LogP contribution < -0.4 is 0 Å². The molecule has 8 heteroatoms. The summed E-state index contributed by atoms with van der Waals surface area (Å²) in [4.78, 5) is 13.6. The molecular formula is C13H21BrN4O3. The van der Waals surface area contributed by atoms with Crippen LogP contribution in [0.25, 0.3) is 0 Å². The van der Waals surface area contributed by atoms with Crippen molar-refractivity contribution in [2.75, 3.05) is 13.1 Å². The first-order chi connectivity index (χ1) is 9.69. The van der Waals surface area contributed by atoms with E-state index in [2.05, 4.69) is 26.2 Å². The second-order valence-electron chi connectivity index (χ2n) is 6.26. The number of carbonyl (C=O) groups excluding carboxylic acids is 1. The van der Waals surface area contributed by atoms with E-state index in [1.54, 1.807) is 4.68 Å². The molecule has 1 aliphatic rings. The molecule has 7 nitrogen and oxygen atoms in total. The molecular weight excluding hydrogens is 340 g/mol. The first-order valence-corrected chi connectivity index (χ1v) is 7.71. The van der Waals surface area contributed by atoms with E-state index >= 15 is 0 Å². The van der Waals surface area contributed by atoms with Gasteiger partial charge in [-0.15, -0.1) is 5.10 Å². The van der Waals surface area contributed by atoms with Crippen molar-refractivity contribution in [2.45, 2.75) is 51.9 Å². The highest BCUT2D eigenvalue weighted by atomic mass is 79.9. The third-order valence-corrected chi connectivity index (χ3v) is 4.12. The lowest BCUT2D eigenvalue weighted by molar-refractivity contribution is -0.0123. The molecule has 0 aromatic carbocycles. The molecule has 2 atom stereocenters. The lowest BCUT2D eigenvalue weighted by atomic mass is 10.0. The lowest BCUT2D eigenvalue weighted by Crippen LogP contribution is -2.49. The van der Waals surface area contributed by atoms with Crippen LogP contribution in [0, 0.1) is 6.92 Å². The minimum absolute atomic E-state index is 0.178. The van der Waals surface area contributed by atoms with Gasteiger partial charge in [-0.05, 0) is 50.0 Å². The zero-order chi connectivity index (χ0) is 15.8. The van der Waals surface area contributed by atoms with E-state index in [0.29, 0.717) is 17.6 Å². The van der Waals surface area contributed by atoms with Gasteiger partial charge in [0.25, 0.3) is 0 Å². The number of aliphatic hydroxyl groups excluding tert-OH is 1. The van der Waals surface area contributed by atoms with Gasteiger partial charge in [0, 0.05) is 6.54 Å². The number of aliphatic hydroxyl groups is 1. The number of halogens is 1. The van der Waals surface area contributed by atoms with E-state index in [1.807, 2.05) is 27.7 Å². The van der Waals surface area contributed by atoms with Crippen LogP contribution in [-0.4, -0.2) is 55.9 Å². The van der Waals surface area contributed by atoms with E-state index in [9.17, 15) is 9.90 Å². The number of amides is 1. The summed E-state index contributed by atoms with van der Waals surface area (Å²) >= 11 is 3.31. The second kappa shape index (κ2) is 5.92. The number of β-amino-alcohol motifs (C(OH)–C–C–N with tert-alkyl or cyclic N) is 1. The van der Waals surface area contributed by atoms with Gasteiger partial charge in [-0.1, -0.05) is 5.21 Å². The third kappa shape index (κ3) is 3.74. The van der Waals surface area contributed by atoms with Crippen molar-refractivity contribution in [3.05, 3.63) is 10.3 Å². The summed E-state index contributed by atoms with van der Waals surface area (Å²) < 4.78 is 7.71. The number of rotatable bonds is 1. The smallest absolute Gasteiger partial charge is 0.410 e. The number of hydrogen-bond acceptors (Lipinski definition) is 5. The van der Waals surface area contributed by atoms with Crippen LogP contribution in [0.15, 0.2) is 4.60 Å². The van der Waals surface area contributed by atoms with Crippen molar-refractivity contribution < 1.29 is 14.6 Å². The minimum Gasteiger partial charge on any atom is -0.444 e. The van der Waals surface area contributed by atoms with Crippen LogP contribution in [0.2, 0.25) is 0 Å². The van der Waals surface area contributed by atoms with Crippen molar-refractivity contribution >= 4 is 22.0 Å². The van der Waals surface area contributed by atoms with Gasteiger partial charge in [-0.2, -0.15) is 0 Å². The van der Waals surface area contributed by atoms with E-state index in [-0.39, 0.29) is 12.6 Å². The number of carbonyl (C=O) groups is 1. The van der Waals surface area contributed by atoms with Crippen molar-refractivity contribution in [1.29, 1.82) is 0 Å². The van der Waals surface area contributed by atoms with E-state index < -0.39 is 17.8 Å². The van der Waals surface area contributed by atoms with Gasteiger partial charge in [0.2, 0.25) is 0 Å². The van der Waals surface area contributed by atoms with Crippen LogP contribution in [0.3, 0.4) is 0 Å². The number of hydrogen-bond donors (Lipinski definition) is 1. The molecule has 118 valence electrons. The molecule has 1 N–H and O–H groups in total. The molecule has 1 saturated heterocycles. The standard InChI is InChI=1S/C13H21BrN4O3/c1-8-11(14)15-16-18(8)9-5-6-17(7-10(9)19)12(20)21-13(2,3)4/h9-10,19H,5-7H2,1-4H3/t9-,10+/m1/s1. The number of piperidine rings is 1. The number of likely N-dealkylation sites (tertiary alicyclic amines) is 1. The van der Waals surface area contributed by atoms with Crippen molar-refractivity contribution in [1.82, 2.24) is 19.9 Å². The van der Waals surface area contributed by atoms with E-state index in [1.165, 1.54) is 4.90 Å². The van der Waals surface area contributed by atoms with Crippen molar-refractivity contribution in [2.24, 2.45) is 0 Å². The molecule has 1 aromatic rings. The topological polar surface area (TPSA) is 80.5 Å². The highest BCUT2D eigenvalue weighted by molar-refractivity contribution is 9.10. The Bertz CT molecular complexity index is 526. The molecule has 0 saturated carbocycles. The Hall–Kier alpha value is -1.15. The Kier molecular flexibility index (Phi) is 4.57. The molecule has 21 heavy (non-hydrogen) atoms. The average Bonchev–Trinajstić information content (AvgIpc) is 2.68. The molecule has 0 spiro atoms. The van der Waals surface area contributed by atoms with E-state index in [0.717, 1.165) is 5.69 Å². The average molecular weight is 361 g/mol. The van der Waals surface area contributed by atoms with Crippen LogP contribution >= 0.6 is 15.9 Å². The van der Waals surface area contributed by atoms with Crippen LogP contribution in [0.4, 0.5) is 4.79 Å². The van der Waals surface area contributed by atoms with Gasteiger partial charge in [0.1, 0.15) is 5.60 Å². The maximum Gasteiger partial charge on any atom is 0.410 e. The largest absolute Gasteiger partial charge is 0.444 e. The third-order valence-electron chi connectivity index (χ3n) is 3.38. The summed E-state index contributed by atoms with van der Waals surface area (Å²) in [5.74, 6) is 0. The zero-order valence-corrected chi connectivity index (χ0v) is 14.3. The van der Waals surface area contributed by atoms with Gasteiger partial charge in [-0.25, -0.2) is 9.48 Å². The maximum absolute atomic E-state index is 12.0. The van der Waals surface area contributed by atoms with Crippen LogP contribution in [-0.2, 0) is 4.74 Å². The normalized spacial score (nSPS) is 23.2. The number of aromatic nitrogens is 3. The van der Waals surface area contributed by atoms with Gasteiger partial charge in [0.05, 0.1) is 24.4 Å². The summed E-state index contributed by atoms with van der Waals surface area (Å²) in [7, 11) is 0. The van der Waals surface area contributed by atoms with Crippen LogP contribution in [0.5, 0.6) is 0 Å². The fraction of sp³-hybridized carbons (Fsp3) is 0.769. The Labute approximate surface area is 132 Å². The molecule has 1 amide bonds.